The molecular weight excluding hydrogens is 330 g/mol. The van der Waals surface area contributed by atoms with Gasteiger partial charge in [-0.2, -0.15) is 0 Å². The maximum atomic E-state index is 12.0. The molecule has 1 aromatic carbocycles. The van der Waals surface area contributed by atoms with E-state index in [-0.39, 0.29) is 5.91 Å². The number of rotatable bonds is 3. The van der Waals surface area contributed by atoms with E-state index in [4.69, 9.17) is 0 Å². The first-order valence-corrected chi connectivity index (χ1v) is 7.02. The lowest BCUT2D eigenvalue weighted by molar-refractivity contribution is 0.0602. The average Bonchev–Trinajstić information content (AvgIpc) is 2.85. The zero-order chi connectivity index (χ0) is 13.8. The monoisotopic (exact) mass is 339 g/mol. The summed E-state index contributed by atoms with van der Waals surface area (Å²) < 4.78 is 5.55. The quantitative estimate of drug-likeness (QED) is 0.870. The Kier molecular flexibility index (Phi) is 4.34. The number of halogens is 1. The van der Waals surface area contributed by atoms with Gasteiger partial charge in [0.2, 0.25) is 0 Å². The molecule has 4 nitrogen and oxygen atoms in total. The number of ether oxygens (including phenoxy) is 1. The van der Waals surface area contributed by atoms with Crippen molar-refractivity contribution in [2.75, 3.05) is 12.4 Å². The maximum Gasteiger partial charge on any atom is 0.339 e. The van der Waals surface area contributed by atoms with Gasteiger partial charge in [0.25, 0.3) is 5.91 Å². The number of carbonyl (C=O) groups is 2. The first-order chi connectivity index (χ1) is 9.11. The Hall–Kier alpha value is -1.66. The number of benzene rings is 1. The molecule has 1 N–H and O–H groups in total. The molecule has 0 saturated heterocycles. The normalized spacial score (nSPS) is 10.0. The fraction of sp³-hybridized carbons (Fsp3) is 0.0769. The zero-order valence-corrected chi connectivity index (χ0v) is 12.4. The third-order valence-electron chi connectivity index (χ3n) is 2.41. The van der Waals surface area contributed by atoms with E-state index in [1.807, 2.05) is 0 Å². The molecule has 98 valence electrons. The van der Waals surface area contributed by atoms with Gasteiger partial charge in [-0.3, -0.25) is 4.79 Å². The molecule has 0 radical (unpaired) electrons. The molecule has 2 rings (SSSR count). The summed E-state index contributed by atoms with van der Waals surface area (Å²) >= 11 is 4.72. The highest BCUT2D eigenvalue weighted by Crippen LogP contribution is 2.22. The second-order valence-corrected chi connectivity index (χ2v) is 5.92. The van der Waals surface area contributed by atoms with Crippen molar-refractivity contribution in [3.8, 4) is 0 Å². The molecule has 0 bridgehead atoms. The van der Waals surface area contributed by atoms with Gasteiger partial charge in [0.05, 0.1) is 27.7 Å². The molecule has 0 atom stereocenters. The number of nitrogens with one attached hydrogen (secondary N) is 1. The van der Waals surface area contributed by atoms with Crippen molar-refractivity contribution in [3.63, 3.8) is 0 Å². The highest BCUT2D eigenvalue weighted by molar-refractivity contribution is 9.11. The summed E-state index contributed by atoms with van der Waals surface area (Å²) in [4.78, 5) is 23.6. The fourth-order valence-corrected chi connectivity index (χ4v) is 2.64. The third kappa shape index (κ3) is 3.21. The van der Waals surface area contributed by atoms with Crippen LogP contribution in [0.3, 0.4) is 0 Å². The van der Waals surface area contributed by atoms with Gasteiger partial charge in [0, 0.05) is 5.38 Å². The van der Waals surface area contributed by atoms with Crippen molar-refractivity contribution in [1.82, 2.24) is 0 Å². The van der Waals surface area contributed by atoms with Crippen molar-refractivity contribution in [3.05, 3.63) is 50.6 Å². The Morgan fingerprint density at radius 2 is 2.05 bits per heavy atom. The van der Waals surface area contributed by atoms with Gasteiger partial charge in [0.15, 0.2) is 0 Å². The fourth-order valence-electron chi connectivity index (χ4n) is 1.50. The Bertz CT molecular complexity index is 624. The summed E-state index contributed by atoms with van der Waals surface area (Å²) in [6.07, 6.45) is 0. The molecule has 2 aromatic rings. The number of hydrogen-bond acceptors (Lipinski definition) is 4. The van der Waals surface area contributed by atoms with Crippen LogP contribution in [0.5, 0.6) is 0 Å². The highest BCUT2D eigenvalue weighted by Gasteiger charge is 2.14. The van der Waals surface area contributed by atoms with Gasteiger partial charge >= 0.3 is 5.97 Å². The summed E-state index contributed by atoms with van der Waals surface area (Å²) in [5.74, 6) is -0.749. The lowest BCUT2D eigenvalue weighted by Gasteiger charge is -2.08. The second kappa shape index (κ2) is 5.99. The number of amides is 1. The molecule has 1 amide bonds. The predicted octanol–water partition coefficient (Wildman–Crippen LogP) is 3.55. The Morgan fingerprint density at radius 1 is 1.32 bits per heavy atom. The molecule has 0 fully saturated rings. The summed E-state index contributed by atoms with van der Waals surface area (Å²) in [5, 5.41) is 4.44. The minimum absolute atomic E-state index is 0.265. The van der Waals surface area contributed by atoms with Gasteiger partial charge < -0.3 is 10.1 Å². The zero-order valence-electron chi connectivity index (χ0n) is 9.98. The van der Waals surface area contributed by atoms with Crippen LogP contribution in [0.2, 0.25) is 0 Å². The van der Waals surface area contributed by atoms with E-state index in [1.54, 1.807) is 35.7 Å². The standard InChI is InChI=1S/C13H10BrNO3S/c1-18-13(17)9-4-2-3-5-10(9)15-12(16)8-6-11(14)19-7-8/h2-7H,1H3,(H,15,16). The Balaban J connectivity index is 2.24. The van der Waals surface area contributed by atoms with E-state index in [1.165, 1.54) is 18.4 Å². The van der Waals surface area contributed by atoms with Crippen molar-refractivity contribution in [2.45, 2.75) is 0 Å². The van der Waals surface area contributed by atoms with Gasteiger partial charge in [-0.1, -0.05) is 12.1 Å². The molecule has 1 aromatic heterocycles. The molecule has 6 heteroatoms. The topological polar surface area (TPSA) is 55.4 Å². The van der Waals surface area contributed by atoms with Gasteiger partial charge in [-0.05, 0) is 34.1 Å². The van der Waals surface area contributed by atoms with Crippen LogP contribution in [0.25, 0.3) is 0 Å². The van der Waals surface area contributed by atoms with Crippen LogP contribution < -0.4 is 5.32 Å². The van der Waals surface area contributed by atoms with E-state index in [0.29, 0.717) is 16.8 Å². The van der Waals surface area contributed by atoms with E-state index >= 15 is 0 Å². The van der Waals surface area contributed by atoms with E-state index in [2.05, 4.69) is 26.0 Å². The number of methoxy groups -OCH3 is 1. The molecule has 0 spiro atoms. The van der Waals surface area contributed by atoms with Gasteiger partial charge in [0.1, 0.15) is 0 Å². The third-order valence-corrected chi connectivity index (χ3v) is 3.91. The largest absolute Gasteiger partial charge is 0.465 e. The molecular formula is C13H10BrNO3S. The first-order valence-electron chi connectivity index (χ1n) is 5.34. The SMILES string of the molecule is COC(=O)c1ccccc1NC(=O)c1csc(Br)c1. The number of hydrogen-bond donors (Lipinski definition) is 1. The number of para-hydroxylation sites is 1. The number of thiophene rings is 1. The minimum atomic E-state index is -0.484. The smallest absolute Gasteiger partial charge is 0.339 e. The highest BCUT2D eigenvalue weighted by atomic mass is 79.9. The van der Waals surface area contributed by atoms with Gasteiger partial charge in [-0.15, -0.1) is 11.3 Å². The minimum Gasteiger partial charge on any atom is -0.465 e. The number of esters is 1. The molecule has 0 aliphatic heterocycles. The lowest BCUT2D eigenvalue weighted by Crippen LogP contribution is -2.14. The van der Waals surface area contributed by atoms with Crippen molar-refractivity contribution < 1.29 is 14.3 Å². The average molecular weight is 340 g/mol. The van der Waals surface area contributed by atoms with Crippen molar-refractivity contribution in [1.29, 1.82) is 0 Å². The van der Waals surface area contributed by atoms with E-state index in [0.717, 1.165) is 3.79 Å². The van der Waals surface area contributed by atoms with Gasteiger partial charge in [-0.25, -0.2) is 4.79 Å². The molecule has 0 aliphatic carbocycles. The lowest BCUT2D eigenvalue weighted by atomic mass is 10.1. The molecule has 1 heterocycles. The van der Waals surface area contributed by atoms with E-state index in [9.17, 15) is 9.59 Å². The van der Waals surface area contributed by atoms with Crippen LogP contribution >= 0.6 is 27.3 Å². The van der Waals surface area contributed by atoms with E-state index < -0.39 is 5.97 Å². The Labute approximate surface area is 122 Å². The van der Waals surface area contributed by atoms with Crippen LogP contribution in [0.1, 0.15) is 20.7 Å². The van der Waals surface area contributed by atoms with Crippen molar-refractivity contribution >= 4 is 44.8 Å². The summed E-state index contributed by atoms with van der Waals surface area (Å²) in [6.45, 7) is 0. The summed E-state index contributed by atoms with van der Waals surface area (Å²) in [5.41, 5.74) is 1.30. The predicted molar refractivity (Wildman–Crippen MR) is 77.8 cm³/mol. The summed E-state index contributed by atoms with van der Waals surface area (Å²) in [7, 11) is 1.30. The number of carbonyl (C=O) groups excluding carboxylic acids is 2. The van der Waals surface area contributed by atoms with Crippen LogP contribution in [-0.2, 0) is 4.74 Å². The second-order valence-electron chi connectivity index (χ2n) is 3.63. The first kappa shape index (κ1) is 13.8. The Morgan fingerprint density at radius 3 is 2.68 bits per heavy atom. The van der Waals surface area contributed by atoms with Crippen molar-refractivity contribution in [2.24, 2.45) is 0 Å². The van der Waals surface area contributed by atoms with Crippen LogP contribution in [0, 0.1) is 0 Å². The molecule has 19 heavy (non-hydrogen) atoms. The molecule has 0 unspecified atom stereocenters. The van der Waals surface area contributed by atoms with Crippen LogP contribution in [0.4, 0.5) is 5.69 Å². The maximum absolute atomic E-state index is 12.0. The summed E-state index contributed by atoms with van der Waals surface area (Å²) in [6, 6.07) is 8.44. The molecule has 0 aliphatic rings. The number of anilines is 1. The van der Waals surface area contributed by atoms with Crippen LogP contribution in [-0.4, -0.2) is 19.0 Å². The van der Waals surface area contributed by atoms with Crippen LogP contribution in [0.15, 0.2) is 39.5 Å². The molecule has 0 saturated carbocycles.